The van der Waals surface area contributed by atoms with E-state index in [1.807, 2.05) is 17.5 Å². The van der Waals surface area contributed by atoms with E-state index in [1.165, 1.54) is 11.3 Å². The van der Waals surface area contributed by atoms with Crippen molar-refractivity contribution in [2.75, 3.05) is 0 Å². The summed E-state index contributed by atoms with van der Waals surface area (Å²) in [6, 6.07) is 10.0. The Bertz CT molecular complexity index is 847. The first kappa shape index (κ1) is 16.1. The Kier molecular flexibility index (Phi) is 4.82. The molecule has 0 bridgehead atoms. The maximum Gasteiger partial charge on any atom is 0.269 e. The Hall–Kier alpha value is -2.78. The first-order chi connectivity index (χ1) is 11.6. The fourth-order valence-corrected chi connectivity index (χ4v) is 2.56. The van der Waals surface area contributed by atoms with Crippen LogP contribution in [0.1, 0.15) is 10.4 Å². The average Bonchev–Trinajstić information content (AvgIpc) is 3.24. The number of tetrazole rings is 1. The van der Waals surface area contributed by atoms with Gasteiger partial charge in [-0.2, -0.15) is 4.80 Å². The van der Waals surface area contributed by atoms with E-state index in [0.29, 0.717) is 16.4 Å². The zero-order valence-electron chi connectivity index (χ0n) is 12.1. The molecule has 3 rings (SSSR count). The highest BCUT2D eigenvalue weighted by atomic mass is 35.5. The molecule has 2 N–H and O–H groups in total. The number of nitrogens with one attached hydrogen (secondary N) is 2. The number of hydrogen-bond acceptors (Lipinski definition) is 6. The number of hydrazine groups is 1. The molecule has 8 nitrogen and oxygen atoms in total. The number of carbonyl (C=O) groups is 2. The average molecular weight is 363 g/mol. The van der Waals surface area contributed by atoms with Crippen molar-refractivity contribution >= 4 is 34.8 Å². The predicted molar refractivity (Wildman–Crippen MR) is 88.2 cm³/mol. The minimum Gasteiger partial charge on any atom is -0.271 e. The molecule has 0 spiro atoms. The second-order valence-corrected chi connectivity index (χ2v) is 6.01. The summed E-state index contributed by atoms with van der Waals surface area (Å²) in [6.45, 7) is -0.167. The lowest BCUT2D eigenvalue weighted by Crippen LogP contribution is -2.43. The second-order valence-electron chi connectivity index (χ2n) is 4.63. The van der Waals surface area contributed by atoms with Crippen LogP contribution in [0.2, 0.25) is 5.02 Å². The van der Waals surface area contributed by atoms with Crippen molar-refractivity contribution in [1.29, 1.82) is 0 Å². The topological polar surface area (TPSA) is 102 Å². The van der Waals surface area contributed by atoms with E-state index in [4.69, 9.17) is 11.6 Å². The van der Waals surface area contributed by atoms with E-state index in [0.717, 1.165) is 9.67 Å². The van der Waals surface area contributed by atoms with Gasteiger partial charge in [-0.15, -0.1) is 21.5 Å². The van der Waals surface area contributed by atoms with Crippen molar-refractivity contribution in [3.8, 4) is 10.7 Å². The third kappa shape index (κ3) is 3.94. The number of rotatable bonds is 4. The van der Waals surface area contributed by atoms with Crippen LogP contribution in [-0.4, -0.2) is 32.0 Å². The number of benzene rings is 1. The molecule has 3 aromatic rings. The smallest absolute Gasteiger partial charge is 0.269 e. The first-order valence-corrected chi connectivity index (χ1v) is 8.04. The molecule has 2 heterocycles. The maximum absolute atomic E-state index is 11.9. The SMILES string of the molecule is O=C(Cn1nnc(-c2cccs2)n1)NNC(=O)c1ccc(Cl)cc1. The number of halogens is 1. The van der Waals surface area contributed by atoms with Crippen LogP contribution in [0.25, 0.3) is 10.7 Å². The second kappa shape index (κ2) is 7.20. The molecule has 0 unspecified atom stereocenters. The highest BCUT2D eigenvalue weighted by molar-refractivity contribution is 7.13. The van der Waals surface area contributed by atoms with Crippen LogP contribution in [0.15, 0.2) is 41.8 Å². The number of aromatic nitrogens is 4. The zero-order valence-corrected chi connectivity index (χ0v) is 13.7. The molecule has 0 aliphatic carbocycles. The number of thiophene rings is 1. The molecular formula is C14H11ClN6O2S. The molecule has 0 aliphatic heterocycles. The quantitative estimate of drug-likeness (QED) is 0.685. The van der Waals surface area contributed by atoms with Crippen molar-refractivity contribution in [3.05, 3.63) is 52.4 Å². The van der Waals surface area contributed by atoms with Gasteiger partial charge in [-0.05, 0) is 40.9 Å². The summed E-state index contributed by atoms with van der Waals surface area (Å²) in [6.07, 6.45) is 0. The minimum absolute atomic E-state index is 0.167. The molecule has 2 aromatic heterocycles. The van der Waals surface area contributed by atoms with E-state index < -0.39 is 11.8 Å². The summed E-state index contributed by atoms with van der Waals surface area (Å²) in [5.74, 6) is -0.485. The lowest BCUT2D eigenvalue weighted by molar-refractivity contribution is -0.122. The molecule has 2 amide bonds. The summed E-state index contributed by atoms with van der Waals surface area (Å²) in [7, 11) is 0. The molecule has 24 heavy (non-hydrogen) atoms. The third-order valence-electron chi connectivity index (χ3n) is 2.90. The van der Waals surface area contributed by atoms with Gasteiger partial charge in [-0.1, -0.05) is 17.7 Å². The maximum atomic E-state index is 11.9. The monoisotopic (exact) mass is 362 g/mol. The normalized spacial score (nSPS) is 10.4. The standard InChI is InChI=1S/C14H11ClN6O2S/c15-10-5-3-9(4-6-10)14(23)18-16-12(22)8-21-19-13(17-20-21)11-2-1-7-24-11/h1-7H,8H2,(H,16,22)(H,18,23). The fraction of sp³-hybridized carbons (Fsp3) is 0.0714. The highest BCUT2D eigenvalue weighted by Gasteiger charge is 2.11. The van der Waals surface area contributed by atoms with Gasteiger partial charge >= 0.3 is 0 Å². The molecule has 0 fully saturated rings. The molecule has 122 valence electrons. The van der Waals surface area contributed by atoms with Crippen molar-refractivity contribution in [2.45, 2.75) is 6.54 Å². The Morgan fingerprint density at radius 3 is 2.67 bits per heavy atom. The number of carbonyl (C=O) groups excluding carboxylic acids is 2. The lowest BCUT2D eigenvalue weighted by Gasteiger charge is -2.06. The predicted octanol–water partition coefficient (Wildman–Crippen LogP) is 1.52. The first-order valence-electron chi connectivity index (χ1n) is 6.78. The molecule has 10 heteroatoms. The Labute approximate surface area is 145 Å². The molecule has 0 saturated heterocycles. The molecule has 1 aromatic carbocycles. The van der Waals surface area contributed by atoms with Crippen LogP contribution in [0, 0.1) is 0 Å². The molecule has 0 saturated carbocycles. The van der Waals surface area contributed by atoms with E-state index in [2.05, 4.69) is 26.3 Å². The van der Waals surface area contributed by atoms with E-state index >= 15 is 0 Å². The Morgan fingerprint density at radius 1 is 1.17 bits per heavy atom. The number of nitrogens with zero attached hydrogens (tertiary/aromatic N) is 4. The highest BCUT2D eigenvalue weighted by Crippen LogP contribution is 2.19. The van der Waals surface area contributed by atoms with Gasteiger partial charge in [0.2, 0.25) is 5.82 Å². The minimum atomic E-state index is -0.479. The lowest BCUT2D eigenvalue weighted by atomic mass is 10.2. The molecule has 0 atom stereocenters. The largest absolute Gasteiger partial charge is 0.271 e. The van der Waals surface area contributed by atoms with Crippen LogP contribution in [-0.2, 0) is 11.3 Å². The van der Waals surface area contributed by atoms with Crippen molar-refractivity contribution < 1.29 is 9.59 Å². The van der Waals surface area contributed by atoms with Gasteiger partial charge in [0, 0.05) is 10.6 Å². The Balaban J connectivity index is 1.52. The van der Waals surface area contributed by atoms with Gasteiger partial charge in [-0.25, -0.2) is 0 Å². The van der Waals surface area contributed by atoms with E-state index in [9.17, 15) is 9.59 Å². The zero-order chi connectivity index (χ0) is 16.9. The summed E-state index contributed by atoms with van der Waals surface area (Å²) in [4.78, 5) is 25.7. The van der Waals surface area contributed by atoms with E-state index in [-0.39, 0.29) is 6.54 Å². The van der Waals surface area contributed by atoms with Crippen LogP contribution >= 0.6 is 22.9 Å². The van der Waals surface area contributed by atoms with Crippen molar-refractivity contribution in [2.24, 2.45) is 0 Å². The van der Waals surface area contributed by atoms with Gasteiger partial charge in [0.1, 0.15) is 6.54 Å². The van der Waals surface area contributed by atoms with Gasteiger partial charge in [0.25, 0.3) is 11.8 Å². The molecule has 0 radical (unpaired) electrons. The summed E-state index contributed by atoms with van der Waals surface area (Å²) < 4.78 is 0. The molecule has 0 aliphatic rings. The van der Waals surface area contributed by atoms with Crippen LogP contribution in [0.3, 0.4) is 0 Å². The Morgan fingerprint density at radius 2 is 1.96 bits per heavy atom. The van der Waals surface area contributed by atoms with Crippen LogP contribution < -0.4 is 10.9 Å². The number of amides is 2. The van der Waals surface area contributed by atoms with Gasteiger partial charge < -0.3 is 0 Å². The summed E-state index contributed by atoms with van der Waals surface area (Å²) >= 11 is 7.23. The van der Waals surface area contributed by atoms with Crippen molar-refractivity contribution in [1.82, 2.24) is 31.1 Å². The number of hydrogen-bond donors (Lipinski definition) is 2. The van der Waals surface area contributed by atoms with Crippen LogP contribution in [0.4, 0.5) is 0 Å². The summed E-state index contributed by atoms with van der Waals surface area (Å²) in [5, 5.41) is 14.2. The third-order valence-corrected chi connectivity index (χ3v) is 4.02. The van der Waals surface area contributed by atoms with E-state index in [1.54, 1.807) is 24.3 Å². The van der Waals surface area contributed by atoms with Gasteiger partial charge in [0.15, 0.2) is 0 Å². The fourth-order valence-electron chi connectivity index (χ4n) is 1.78. The van der Waals surface area contributed by atoms with Gasteiger partial charge in [0.05, 0.1) is 4.88 Å². The molecular weight excluding hydrogens is 352 g/mol. The van der Waals surface area contributed by atoms with Crippen LogP contribution in [0.5, 0.6) is 0 Å². The van der Waals surface area contributed by atoms with Gasteiger partial charge in [-0.3, -0.25) is 20.4 Å². The summed E-state index contributed by atoms with van der Waals surface area (Å²) in [5.41, 5.74) is 4.97. The van der Waals surface area contributed by atoms with Crippen molar-refractivity contribution in [3.63, 3.8) is 0 Å².